The zero-order valence-corrected chi connectivity index (χ0v) is 13.9. The van der Waals surface area contributed by atoms with Crippen LogP contribution in [0.15, 0.2) is 35.4 Å². The molecular formula is C17H16N2O3S. The van der Waals surface area contributed by atoms with E-state index < -0.39 is 0 Å². The minimum atomic E-state index is -0.185. The highest BCUT2D eigenvalue weighted by Crippen LogP contribution is 2.25. The molecule has 0 saturated heterocycles. The summed E-state index contributed by atoms with van der Waals surface area (Å²) in [6.45, 7) is 3.81. The molecule has 0 saturated carbocycles. The van der Waals surface area contributed by atoms with Crippen LogP contribution in [0, 0.1) is 13.8 Å². The third-order valence-electron chi connectivity index (χ3n) is 3.88. The molecule has 0 bridgehead atoms. The number of hydrogen-bond donors (Lipinski definition) is 0. The maximum absolute atomic E-state index is 12.6. The molecule has 6 heteroatoms. The lowest BCUT2D eigenvalue weighted by Crippen LogP contribution is -2.24. The fraction of sp³-hybridized carbons (Fsp3) is 0.235. The molecule has 118 valence electrons. The van der Waals surface area contributed by atoms with Gasteiger partial charge in [0.2, 0.25) is 0 Å². The molecule has 3 rings (SSSR count). The van der Waals surface area contributed by atoms with Crippen LogP contribution in [0.4, 0.5) is 0 Å². The normalized spacial score (nSPS) is 10.9. The third kappa shape index (κ3) is 2.66. The number of nitrogens with zero attached hydrogens (tertiary/aromatic N) is 2. The summed E-state index contributed by atoms with van der Waals surface area (Å²) < 4.78 is 6.56. The Hall–Kier alpha value is -2.47. The van der Waals surface area contributed by atoms with Gasteiger partial charge in [0, 0.05) is 4.88 Å². The van der Waals surface area contributed by atoms with Crippen LogP contribution >= 0.6 is 11.3 Å². The average Bonchev–Trinajstić information content (AvgIpc) is 2.85. The molecule has 0 radical (unpaired) electrons. The van der Waals surface area contributed by atoms with Crippen molar-refractivity contribution in [2.24, 2.45) is 0 Å². The second kappa shape index (κ2) is 5.96. The van der Waals surface area contributed by atoms with E-state index in [0.717, 1.165) is 10.4 Å². The van der Waals surface area contributed by atoms with Crippen molar-refractivity contribution in [3.8, 4) is 5.75 Å². The molecule has 0 aliphatic carbocycles. The first-order chi connectivity index (χ1) is 11.0. The molecule has 0 unspecified atom stereocenters. The van der Waals surface area contributed by atoms with Crippen LogP contribution in [0.3, 0.4) is 0 Å². The lowest BCUT2D eigenvalue weighted by Gasteiger charge is -2.08. The number of carbonyl (C=O) groups is 1. The summed E-state index contributed by atoms with van der Waals surface area (Å²) in [5, 5.41) is 0.600. The van der Waals surface area contributed by atoms with E-state index in [2.05, 4.69) is 4.98 Å². The average molecular weight is 328 g/mol. The zero-order valence-electron chi connectivity index (χ0n) is 13.1. The van der Waals surface area contributed by atoms with Crippen molar-refractivity contribution in [2.75, 3.05) is 7.11 Å². The fourth-order valence-electron chi connectivity index (χ4n) is 2.50. The second-order valence-electron chi connectivity index (χ2n) is 5.26. The van der Waals surface area contributed by atoms with E-state index in [0.29, 0.717) is 21.5 Å². The van der Waals surface area contributed by atoms with E-state index in [9.17, 15) is 9.59 Å². The van der Waals surface area contributed by atoms with Gasteiger partial charge in [-0.15, -0.1) is 11.3 Å². The van der Waals surface area contributed by atoms with Gasteiger partial charge in [-0.3, -0.25) is 14.2 Å². The first-order valence-electron chi connectivity index (χ1n) is 7.14. The van der Waals surface area contributed by atoms with E-state index in [1.807, 2.05) is 13.8 Å². The molecule has 0 amide bonds. The van der Waals surface area contributed by atoms with Crippen molar-refractivity contribution in [2.45, 2.75) is 20.4 Å². The zero-order chi connectivity index (χ0) is 16.6. The number of benzene rings is 1. The van der Waals surface area contributed by atoms with Gasteiger partial charge in [0.25, 0.3) is 5.56 Å². The summed E-state index contributed by atoms with van der Waals surface area (Å²) >= 11 is 1.49. The Morgan fingerprint density at radius 1 is 1.30 bits per heavy atom. The SMILES string of the molecule is COc1ccccc1C(=O)Cn1cnc2sc(C)c(C)c2c1=O. The number of aryl methyl sites for hydroxylation is 2. The highest BCUT2D eigenvalue weighted by molar-refractivity contribution is 7.18. The quantitative estimate of drug-likeness (QED) is 0.691. The van der Waals surface area contributed by atoms with E-state index in [1.165, 1.54) is 29.3 Å². The largest absolute Gasteiger partial charge is 0.496 e. The lowest BCUT2D eigenvalue weighted by molar-refractivity contribution is 0.0967. The topological polar surface area (TPSA) is 61.2 Å². The fourth-order valence-corrected chi connectivity index (χ4v) is 3.48. The van der Waals surface area contributed by atoms with Gasteiger partial charge in [-0.25, -0.2) is 4.98 Å². The summed E-state index contributed by atoms with van der Waals surface area (Å²) in [4.78, 5) is 31.2. The number of methoxy groups -OCH3 is 1. The van der Waals surface area contributed by atoms with Gasteiger partial charge in [0.05, 0.1) is 30.9 Å². The van der Waals surface area contributed by atoms with E-state index in [-0.39, 0.29) is 17.9 Å². The van der Waals surface area contributed by atoms with Crippen molar-refractivity contribution < 1.29 is 9.53 Å². The summed E-state index contributed by atoms with van der Waals surface area (Å²) in [7, 11) is 1.52. The van der Waals surface area contributed by atoms with Crippen molar-refractivity contribution in [3.63, 3.8) is 0 Å². The molecular weight excluding hydrogens is 312 g/mol. The van der Waals surface area contributed by atoms with Gasteiger partial charge in [-0.1, -0.05) is 12.1 Å². The van der Waals surface area contributed by atoms with Gasteiger partial charge >= 0.3 is 0 Å². The van der Waals surface area contributed by atoms with Crippen molar-refractivity contribution in [1.82, 2.24) is 9.55 Å². The smallest absolute Gasteiger partial charge is 0.262 e. The third-order valence-corrected chi connectivity index (χ3v) is 4.99. The Bertz CT molecular complexity index is 956. The van der Waals surface area contributed by atoms with Crippen LogP contribution in [-0.4, -0.2) is 22.4 Å². The number of hydrogen-bond acceptors (Lipinski definition) is 5. The summed E-state index contributed by atoms with van der Waals surface area (Å²) in [5.41, 5.74) is 1.21. The molecule has 0 aliphatic rings. The molecule has 0 atom stereocenters. The minimum absolute atomic E-state index is 0.0590. The van der Waals surface area contributed by atoms with E-state index >= 15 is 0 Å². The molecule has 3 aromatic rings. The monoisotopic (exact) mass is 328 g/mol. The van der Waals surface area contributed by atoms with Gasteiger partial charge in [-0.2, -0.15) is 0 Å². The first kappa shape index (κ1) is 15.4. The van der Waals surface area contributed by atoms with Gasteiger partial charge in [-0.05, 0) is 31.5 Å². The number of ketones is 1. The Morgan fingerprint density at radius 3 is 2.78 bits per heavy atom. The number of Topliss-reactive ketones (excluding diaryl/α,β-unsaturated/α-hetero) is 1. The highest BCUT2D eigenvalue weighted by atomic mass is 32.1. The number of carbonyl (C=O) groups excluding carboxylic acids is 1. The highest BCUT2D eigenvalue weighted by Gasteiger charge is 2.16. The predicted octanol–water partition coefficient (Wildman–Crippen LogP) is 2.97. The number of aromatic nitrogens is 2. The van der Waals surface area contributed by atoms with Crippen molar-refractivity contribution in [3.05, 3.63) is 57.0 Å². The second-order valence-corrected chi connectivity index (χ2v) is 6.47. The van der Waals surface area contributed by atoms with Gasteiger partial charge in [0.1, 0.15) is 10.6 Å². The summed E-state index contributed by atoms with van der Waals surface area (Å²) in [6, 6.07) is 6.99. The Labute approximate surface area is 137 Å². The molecule has 0 aliphatic heterocycles. The van der Waals surface area contributed by atoms with Gasteiger partial charge < -0.3 is 4.74 Å². The first-order valence-corrected chi connectivity index (χ1v) is 7.96. The minimum Gasteiger partial charge on any atom is -0.496 e. The van der Waals surface area contributed by atoms with Crippen LogP contribution in [0.2, 0.25) is 0 Å². The van der Waals surface area contributed by atoms with Crippen LogP contribution in [0.1, 0.15) is 20.8 Å². The molecule has 23 heavy (non-hydrogen) atoms. The summed E-state index contributed by atoms with van der Waals surface area (Å²) in [5.74, 6) is 0.317. The molecule has 0 spiro atoms. The van der Waals surface area contributed by atoms with Crippen LogP contribution in [0.25, 0.3) is 10.2 Å². The van der Waals surface area contributed by atoms with Crippen LogP contribution in [-0.2, 0) is 6.54 Å². The molecule has 2 heterocycles. The van der Waals surface area contributed by atoms with Crippen molar-refractivity contribution in [1.29, 1.82) is 0 Å². The lowest BCUT2D eigenvalue weighted by atomic mass is 10.1. The molecule has 0 N–H and O–H groups in total. The molecule has 0 fully saturated rings. The number of ether oxygens (including phenoxy) is 1. The van der Waals surface area contributed by atoms with E-state index in [4.69, 9.17) is 4.74 Å². The maximum Gasteiger partial charge on any atom is 0.262 e. The molecule has 2 aromatic heterocycles. The number of para-hydroxylation sites is 1. The number of rotatable bonds is 4. The maximum atomic E-state index is 12.6. The number of thiophene rings is 1. The Balaban J connectivity index is 2.02. The standard InChI is InChI=1S/C17H16N2O3S/c1-10-11(2)23-16-15(10)17(21)19(9-18-16)8-13(20)12-6-4-5-7-14(12)22-3/h4-7,9H,8H2,1-3H3. The number of fused-ring (bicyclic) bond motifs is 1. The van der Waals surface area contributed by atoms with Crippen molar-refractivity contribution >= 4 is 27.3 Å². The molecule has 5 nitrogen and oxygen atoms in total. The van der Waals surface area contributed by atoms with Crippen LogP contribution < -0.4 is 10.3 Å². The Morgan fingerprint density at radius 2 is 2.04 bits per heavy atom. The Kier molecular flexibility index (Phi) is 4.00. The van der Waals surface area contributed by atoms with E-state index in [1.54, 1.807) is 24.3 Å². The molecule has 1 aromatic carbocycles. The van der Waals surface area contributed by atoms with Crippen LogP contribution in [0.5, 0.6) is 5.75 Å². The van der Waals surface area contributed by atoms with Gasteiger partial charge in [0.15, 0.2) is 5.78 Å². The predicted molar refractivity (Wildman–Crippen MR) is 90.7 cm³/mol. The summed E-state index contributed by atoms with van der Waals surface area (Å²) in [6.07, 6.45) is 1.44.